The van der Waals surface area contributed by atoms with Crippen molar-refractivity contribution in [1.29, 1.82) is 0 Å². The number of anilines is 1. The first-order chi connectivity index (χ1) is 9.20. The van der Waals surface area contributed by atoms with E-state index in [2.05, 4.69) is 4.52 Å². The number of rotatable bonds is 6. The maximum Gasteiger partial charge on any atom is 0.455 e. The highest BCUT2D eigenvalue weighted by molar-refractivity contribution is 7.50. The Labute approximate surface area is 117 Å². The maximum absolute atomic E-state index is 11.8. The Morgan fingerprint density at radius 3 is 2.30 bits per heavy atom. The fourth-order valence-electron chi connectivity index (χ4n) is 1.48. The summed E-state index contributed by atoms with van der Waals surface area (Å²) in [7, 11) is -4.37. The first-order valence-electron chi connectivity index (χ1n) is 6.06. The van der Waals surface area contributed by atoms with Crippen molar-refractivity contribution in [2.75, 3.05) is 5.06 Å². The van der Waals surface area contributed by atoms with Crippen LogP contribution < -0.4 is 10.6 Å². The van der Waals surface area contributed by atoms with Crippen LogP contribution in [0.3, 0.4) is 0 Å². The van der Waals surface area contributed by atoms with Crippen molar-refractivity contribution in [2.45, 2.75) is 32.9 Å². The van der Waals surface area contributed by atoms with Crippen LogP contribution in [-0.4, -0.2) is 23.0 Å². The fourth-order valence-corrected chi connectivity index (χ4v) is 1.89. The molecule has 0 saturated carbocycles. The molecular formula is C12H19N2O5P. The van der Waals surface area contributed by atoms with Crippen LogP contribution in [0.4, 0.5) is 5.69 Å². The van der Waals surface area contributed by atoms with Crippen LogP contribution >= 0.6 is 7.75 Å². The average Bonchev–Trinajstić information content (AvgIpc) is 2.34. The largest absolute Gasteiger partial charge is 0.455 e. The van der Waals surface area contributed by atoms with Crippen LogP contribution in [0, 0.1) is 0 Å². The lowest BCUT2D eigenvalue weighted by atomic mass is 10.2. The van der Waals surface area contributed by atoms with E-state index in [0.29, 0.717) is 5.69 Å². The fraction of sp³-hybridized carbons (Fsp3) is 0.417. The van der Waals surface area contributed by atoms with Crippen molar-refractivity contribution in [2.24, 2.45) is 5.50 Å². The van der Waals surface area contributed by atoms with E-state index < -0.39 is 19.8 Å². The van der Waals surface area contributed by atoms with E-state index in [1.54, 1.807) is 38.1 Å². The van der Waals surface area contributed by atoms with Gasteiger partial charge in [-0.15, -0.1) is 0 Å². The molecule has 0 aromatic heterocycles. The quantitative estimate of drug-likeness (QED) is 0.610. The van der Waals surface area contributed by atoms with Crippen LogP contribution in [0.1, 0.15) is 20.8 Å². The molecule has 0 aliphatic carbocycles. The number of benzene rings is 1. The Hall–Kier alpha value is -1.40. The van der Waals surface area contributed by atoms with Gasteiger partial charge in [-0.05, 0) is 32.9 Å². The molecule has 0 saturated heterocycles. The van der Waals surface area contributed by atoms with Gasteiger partial charge in [0, 0.05) is 0 Å². The topological polar surface area (TPSA) is 102 Å². The van der Waals surface area contributed by atoms with Crippen LogP contribution in [-0.2, 0) is 18.7 Å². The summed E-state index contributed by atoms with van der Waals surface area (Å²) < 4.78 is 15.3. The second-order valence-electron chi connectivity index (χ2n) is 4.47. The van der Waals surface area contributed by atoms with E-state index in [9.17, 15) is 9.36 Å². The Morgan fingerprint density at radius 1 is 1.30 bits per heavy atom. The highest BCUT2D eigenvalue weighted by atomic mass is 31.2. The summed E-state index contributed by atoms with van der Waals surface area (Å²) in [5.74, 6) is -0.942. The van der Waals surface area contributed by atoms with Gasteiger partial charge in [0.25, 0.3) is 0 Å². The first-order valence-corrected chi connectivity index (χ1v) is 7.71. The minimum atomic E-state index is -4.37. The van der Waals surface area contributed by atoms with Gasteiger partial charge in [0.05, 0.1) is 11.8 Å². The van der Waals surface area contributed by atoms with E-state index in [4.69, 9.17) is 15.2 Å². The smallest absolute Gasteiger partial charge is 0.379 e. The molecule has 0 spiro atoms. The molecule has 0 aliphatic rings. The lowest BCUT2D eigenvalue weighted by molar-refractivity contribution is -0.138. The maximum atomic E-state index is 11.8. The lowest BCUT2D eigenvalue weighted by Crippen LogP contribution is -2.41. The molecule has 1 unspecified atom stereocenters. The van der Waals surface area contributed by atoms with Crippen molar-refractivity contribution < 1.29 is 23.6 Å². The molecule has 2 atom stereocenters. The Balaban J connectivity index is 2.94. The zero-order valence-corrected chi connectivity index (χ0v) is 12.5. The average molecular weight is 302 g/mol. The number of carbonyl (C=O) groups excluding carboxylic acids is 1. The first kappa shape index (κ1) is 16.7. The molecule has 0 amide bonds. The molecule has 3 N–H and O–H groups in total. The molecule has 1 aromatic rings. The molecule has 0 heterocycles. The third-order valence-electron chi connectivity index (χ3n) is 2.25. The minimum absolute atomic E-state index is 0.190. The predicted octanol–water partition coefficient (Wildman–Crippen LogP) is 1.82. The van der Waals surface area contributed by atoms with E-state index in [-0.39, 0.29) is 6.10 Å². The third kappa shape index (κ3) is 5.30. The van der Waals surface area contributed by atoms with Gasteiger partial charge in [-0.1, -0.05) is 18.2 Å². The van der Waals surface area contributed by atoms with Crippen molar-refractivity contribution in [3.8, 4) is 0 Å². The van der Waals surface area contributed by atoms with Gasteiger partial charge in [-0.2, -0.15) is 0 Å². The third-order valence-corrected chi connectivity index (χ3v) is 2.69. The Morgan fingerprint density at radius 2 is 1.85 bits per heavy atom. The highest BCUT2D eigenvalue weighted by Crippen LogP contribution is 2.32. The van der Waals surface area contributed by atoms with Gasteiger partial charge in [0.15, 0.2) is 6.04 Å². The monoisotopic (exact) mass is 302 g/mol. The molecule has 0 aliphatic heterocycles. The van der Waals surface area contributed by atoms with Crippen molar-refractivity contribution in [1.82, 2.24) is 0 Å². The Bertz CT molecular complexity index is 488. The normalized spacial score (nSPS) is 15.5. The van der Waals surface area contributed by atoms with Gasteiger partial charge >= 0.3 is 13.7 Å². The summed E-state index contributed by atoms with van der Waals surface area (Å²) in [4.78, 5) is 26.3. The molecule has 1 rings (SSSR count). The lowest BCUT2D eigenvalue weighted by Gasteiger charge is -2.30. The van der Waals surface area contributed by atoms with Gasteiger partial charge in [0.2, 0.25) is 0 Å². The number of hydroxylamine groups is 1. The summed E-state index contributed by atoms with van der Waals surface area (Å²) in [5.41, 5.74) is 5.44. The zero-order valence-electron chi connectivity index (χ0n) is 11.6. The summed E-state index contributed by atoms with van der Waals surface area (Å²) in [6.07, 6.45) is -0.190. The predicted molar refractivity (Wildman–Crippen MR) is 74.7 cm³/mol. The second kappa shape index (κ2) is 6.85. The molecule has 1 aromatic carbocycles. The van der Waals surface area contributed by atoms with Gasteiger partial charge in [0.1, 0.15) is 0 Å². The van der Waals surface area contributed by atoms with Crippen LogP contribution in [0.15, 0.2) is 30.3 Å². The number of hydrogen-bond acceptors (Lipinski definition) is 5. The molecule has 112 valence electrons. The number of nitrogens with zero attached hydrogens (tertiary/aromatic N) is 1. The highest BCUT2D eigenvalue weighted by Gasteiger charge is 2.29. The number of carbonyl (C=O) groups is 1. The molecule has 0 bridgehead atoms. The molecule has 0 radical (unpaired) electrons. The van der Waals surface area contributed by atoms with Crippen LogP contribution in [0.2, 0.25) is 0 Å². The van der Waals surface area contributed by atoms with E-state index in [0.717, 1.165) is 0 Å². The van der Waals surface area contributed by atoms with Crippen molar-refractivity contribution >= 4 is 19.4 Å². The summed E-state index contributed by atoms with van der Waals surface area (Å²) in [5, 5.41) is 1.32. The minimum Gasteiger partial charge on any atom is -0.379 e. The molecule has 0 fully saturated rings. The van der Waals surface area contributed by atoms with Crippen LogP contribution in [0.25, 0.3) is 0 Å². The van der Waals surface area contributed by atoms with Crippen molar-refractivity contribution in [3.05, 3.63) is 30.3 Å². The summed E-state index contributed by atoms with van der Waals surface area (Å²) in [6, 6.07) is 7.94. The van der Waals surface area contributed by atoms with Gasteiger partial charge in [-0.3, -0.25) is 4.84 Å². The van der Waals surface area contributed by atoms with E-state index >= 15 is 0 Å². The van der Waals surface area contributed by atoms with Crippen LogP contribution in [0.5, 0.6) is 0 Å². The second-order valence-corrected chi connectivity index (χ2v) is 5.78. The van der Waals surface area contributed by atoms with Crippen molar-refractivity contribution in [3.63, 3.8) is 0 Å². The number of nitrogens with two attached hydrogens (primary N) is 1. The molecule has 8 heteroatoms. The molecular weight excluding hydrogens is 283 g/mol. The Kier molecular flexibility index (Phi) is 5.71. The number of para-hydroxylation sites is 1. The number of hydrogen-bond donors (Lipinski definition) is 2. The standard InChI is InChI=1S/C12H19N2O5P/c1-9(2)18-14(11-7-5-4-6-8-11)10(3)12(15)19-20(13,16)17/h4-10H,1-3H3,(H3,13,16,17)/t10-/m0/s1. The molecule has 20 heavy (non-hydrogen) atoms. The zero-order chi connectivity index (χ0) is 15.3. The SMILES string of the molecule is CC(C)ON(c1ccccc1)[C@@H](C)C(=O)OP(N)(=O)O. The van der Waals surface area contributed by atoms with E-state index in [1.165, 1.54) is 12.0 Å². The summed E-state index contributed by atoms with van der Waals surface area (Å²) in [6.45, 7) is 5.09. The molecule has 7 nitrogen and oxygen atoms in total. The van der Waals surface area contributed by atoms with Gasteiger partial charge < -0.3 is 9.42 Å². The van der Waals surface area contributed by atoms with Gasteiger partial charge in [-0.25, -0.2) is 19.9 Å². The van der Waals surface area contributed by atoms with E-state index in [1.807, 2.05) is 6.07 Å². The summed E-state index contributed by atoms with van der Waals surface area (Å²) >= 11 is 0.